The predicted octanol–water partition coefficient (Wildman–Crippen LogP) is 1.29. The maximum atomic E-state index is 10.3. The number of nitro groups is 1. The second-order valence-corrected chi connectivity index (χ2v) is 2.35. The minimum Gasteiger partial charge on any atom is -0.502 e. The van der Waals surface area contributed by atoms with E-state index in [0.717, 1.165) is 12.1 Å². The van der Waals surface area contributed by atoms with Crippen LogP contribution in [-0.4, -0.2) is 15.3 Å². The Kier molecular flexibility index (Phi) is 2.78. The van der Waals surface area contributed by atoms with Gasteiger partial charge < -0.3 is 5.11 Å². The number of hydrogen-bond donors (Lipinski definition) is 2. The van der Waals surface area contributed by atoms with Crippen LogP contribution < -0.4 is 0 Å². The van der Waals surface area contributed by atoms with E-state index in [1.807, 2.05) is 0 Å². The highest BCUT2D eigenvalue weighted by Gasteiger charge is 2.12. The van der Waals surface area contributed by atoms with Crippen LogP contribution in [0.1, 0.15) is 5.56 Å². The molecule has 13 heavy (non-hydrogen) atoms. The van der Waals surface area contributed by atoms with Crippen LogP contribution in [0.2, 0.25) is 0 Å². The van der Waals surface area contributed by atoms with Gasteiger partial charge in [-0.3, -0.25) is 15.4 Å². The van der Waals surface area contributed by atoms with E-state index in [1.54, 1.807) is 0 Å². The second-order valence-electron chi connectivity index (χ2n) is 2.35. The molecule has 0 aliphatic carbocycles. The Morgan fingerprint density at radius 3 is 2.69 bits per heavy atom. The van der Waals surface area contributed by atoms with Crippen molar-refractivity contribution in [2.24, 2.45) is 0 Å². The predicted molar refractivity (Wildman–Crippen MR) is 42.2 cm³/mol. The molecule has 2 N–H and O–H groups in total. The zero-order chi connectivity index (χ0) is 9.84. The molecule has 1 aromatic rings. The van der Waals surface area contributed by atoms with Crippen LogP contribution in [0.15, 0.2) is 18.2 Å². The molecule has 0 heterocycles. The van der Waals surface area contributed by atoms with Crippen LogP contribution in [0.5, 0.6) is 5.75 Å². The van der Waals surface area contributed by atoms with Crippen molar-refractivity contribution in [3.63, 3.8) is 0 Å². The van der Waals surface area contributed by atoms with Crippen molar-refractivity contribution in [3.8, 4) is 5.75 Å². The highest BCUT2D eigenvalue weighted by molar-refractivity contribution is 5.47. The van der Waals surface area contributed by atoms with Gasteiger partial charge in [-0.15, -0.1) is 0 Å². The third-order valence-corrected chi connectivity index (χ3v) is 1.47. The fourth-order valence-corrected chi connectivity index (χ4v) is 0.888. The summed E-state index contributed by atoms with van der Waals surface area (Å²) >= 11 is 0. The summed E-state index contributed by atoms with van der Waals surface area (Å²) in [6.07, 6.45) is 0. The third-order valence-electron chi connectivity index (χ3n) is 1.47. The van der Waals surface area contributed by atoms with Crippen LogP contribution >= 0.6 is 0 Å². The van der Waals surface area contributed by atoms with Gasteiger partial charge in [-0.25, -0.2) is 4.89 Å². The Hall–Kier alpha value is -1.66. The molecule has 0 fully saturated rings. The molecule has 0 atom stereocenters. The maximum Gasteiger partial charge on any atom is 0.310 e. The molecular formula is C7H7NO5. The molecule has 0 aliphatic rings. The van der Waals surface area contributed by atoms with Crippen molar-refractivity contribution in [2.45, 2.75) is 6.61 Å². The van der Waals surface area contributed by atoms with E-state index in [0.29, 0.717) is 5.56 Å². The quantitative estimate of drug-likeness (QED) is 0.420. The van der Waals surface area contributed by atoms with Crippen LogP contribution in [0.3, 0.4) is 0 Å². The highest BCUT2D eigenvalue weighted by Crippen LogP contribution is 2.26. The minimum absolute atomic E-state index is 0.119. The van der Waals surface area contributed by atoms with Crippen molar-refractivity contribution in [1.29, 1.82) is 0 Å². The standard InChI is InChI=1S/C7H7NO5/c9-7-3-5(4-13-12)1-2-6(7)8(10)11/h1-3,9,12H,4H2. The molecule has 0 saturated heterocycles. The van der Waals surface area contributed by atoms with E-state index < -0.39 is 10.7 Å². The monoisotopic (exact) mass is 185 g/mol. The molecule has 0 saturated carbocycles. The zero-order valence-electron chi connectivity index (χ0n) is 6.51. The van der Waals surface area contributed by atoms with E-state index in [-0.39, 0.29) is 12.3 Å². The molecular weight excluding hydrogens is 178 g/mol. The summed E-state index contributed by atoms with van der Waals surface area (Å²) in [6.45, 7) is -0.119. The molecule has 1 aromatic carbocycles. The molecule has 0 bridgehead atoms. The zero-order valence-corrected chi connectivity index (χ0v) is 6.51. The molecule has 0 spiro atoms. The lowest BCUT2D eigenvalue weighted by molar-refractivity contribution is -0.385. The van der Waals surface area contributed by atoms with E-state index in [9.17, 15) is 10.1 Å². The summed E-state index contributed by atoms with van der Waals surface area (Å²) in [5, 5.41) is 27.4. The topological polar surface area (TPSA) is 92.8 Å². The first-order chi connectivity index (χ1) is 6.15. The lowest BCUT2D eigenvalue weighted by Gasteiger charge is -1.99. The fraction of sp³-hybridized carbons (Fsp3) is 0.143. The van der Waals surface area contributed by atoms with E-state index in [4.69, 9.17) is 10.4 Å². The molecule has 70 valence electrons. The Bertz CT molecular complexity index is 325. The van der Waals surface area contributed by atoms with E-state index >= 15 is 0 Å². The van der Waals surface area contributed by atoms with Crippen LogP contribution in [0.4, 0.5) is 5.69 Å². The number of aromatic hydroxyl groups is 1. The summed E-state index contributed by atoms with van der Waals surface area (Å²) in [7, 11) is 0. The maximum absolute atomic E-state index is 10.3. The van der Waals surface area contributed by atoms with Crippen molar-refractivity contribution in [1.82, 2.24) is 0 Å². The SMILES string of the molecule is O=[N+]([O-])c1ccc(COO)cc1O. The minimum atomic E-state index is -0.696. The Labute approximate surface area is 73.1 Å². The fourth-order valence-electron chi connectivity index (χ4n) is 0.888. The van der Waals surface area contributed by atoms with E-state index in [2.05, 4.69) is 4.89 Å². The Morgan fingerprint density at radius 1 is 1.54 bits per heavy atom. The molecule has 6 heteroatoms. The van der Waals surface area contributed by atoms with E-state index in [1.165, 1.54) is 6.07 Å². The van der Waals surface area contributed by atoms with Gasteiger partial charge in [0, 0.05) is 6.07 Å². The summed E-state index contributed by atoms with van der Waals surface area (Å²) < 4.78 is 0. The summed E-state index contributed by atoms with van der Waals surface area (Å²) in [5.41, 5.74) is 0.0762. The van der Waals surface area contributed by atoms with Crippen molar-refractivity contribution >= 4 is 5.69 Å². The lowest BCUT2D eigenvalue weighted by Crippen LogP contribution is -1.91. The summed E-state index contributed by atoms with van der Waals surface area (Å²) in [6, 6.07) is 3.69. The molecule has 0 unspecified atom stereocenters. The molecule has 0 aliphatic heterocycles. The van der Waals surface area contributed by atoms with Crippen molar-refractivity contribution in [3.05, 3.63) is 33.9 Å². The molecule has 1 rings (SSSR count). The van der Waals surface area contributed by atoms with Crippen molar-refractivity contribution < 1.29 is 20.2 Å². The molecule has 0 radical (unpaired) electrons. The largest absolute Gasteiger partial charge is 0.502 e. The average Bonchev–Trinajstić information content (AvgIpc) is 2.04. The van der Waals surface area contributed by atoms with Gasteiger partial charge in [-0.1, -0.05) is 0 Å². The number of nitrogens with zero attached hydrogens (tertiary/aromatic N) is 1. The first-order valence-corrected chi connectivity index (χ1v) is 3.38. The number of phenolic OH excluding ortho intramolecular Hbond substituents is 1. The second kappa shape index (κ2) is 3.83. The third kappa shape index (κ3) is 2.14. The first kappa shape index (κ1) is 9.43. The van der Waals surface area contributed by atoms with Gasteiger partial charge in [0.1, 0.15) is 6.61 Å². The average molecular weight is 185 g/mol. The number of rotatable bonds is 3. The van der Waals surface area contributed by atoms with Gasteiger partial charge >= 0.3 is 5.69 Å². The van der Waals surface area contributed by atoms with Gasteiger partial charge in [0.25, 0.3) is 0 Å². The Balaban J connectivity index is 2.98. The van der Waals surface area contributed by atoms with Crippen LogP contribution in [0.25, 0.3) is 0 Å². The Morgan fingerprint density at radius 2 is 2.23 bits per heavy atom. The number of phenols is 1. The number of benzene rings is 1. The molecule has 0 aromatic heterocycles. The number of hydrogen-bond acceptors (Lipinski definition) is 5. The highest BCUT2D eigenvalue weighted by atomic mass is 17.1. The first-order valence-electron chi connectivity index (χ1n) is 3.38. The normalized spacial score (nSPS) is 9.92. The molecule has 6 nitrogen and oxygen atoms in total. The van der Waals surface area contributed by atoms with Crippen LogP contribution in [0, 0.1) is 10.1 Å². The summed E-state index contributed by atoms with van der Waals surface area (Å²) in [5.74, 6) is -0.445. The van der Waals surface area contributed by atoms with Gasteiger partial charge in [0.05, 0.1) is 4.92 Å². The smallest absolute Gasteiger partial charge is 0.310 e. The van der Waals surface area contributed by atoms with Gasteiger partial charge in [0.15, 0.2) is 5.75 Å². The van der Waals surface area contributed by atoms with Gasteiger partial charge in [-0.05, 0) is 17.7 Å². The molecule has 0 amide bonds. The van der Waals surface area contributed by atoms with Gasteiger partial charge in [0.2, 0.25) is 0 Å². The van der Waals surface area contributed by atoms with Gasteiger partial charge in [-0.2, -0.15) is 0 Å². The summed E-state index contributed by atoms with van der Waals surface area (Å²) in [4.78, 5) is 13.4. The number of nitro benzene ring substituents is 1. The van der Waals surface area contributed by atoms with Crippen molar-refractivity contribution in [2.75, 3.05) is 0 Å². The lowest BCUT2D eigenvalue weighted by atomic mass is 10.2. The van der Waals surface area contributed by atoms with Crippen LogP contribution in [-0.2, 0) is 11.5 Å².